The molecule has 0 saturated heterocycles. The van der Waals surface area contributed by atoms with Gasteiger partial charge in [0.25, 0.3) is 0 Å². The van der Waals surface area contributed by atoms with Gasteiger partial charge >= 0.3 is 59.1 Å². The van der Waals surface area contributed by atoms with Crippen molar-refractivity contribution in [3.05, 3.63) is 0 Å². The first-order valence-electron chi connectivity index (χ1n) is 2.46. The summed E-state index contributed by atoms with van der Waals surface area (Å²) in [6.07, 6.45) is 0. The predicted molar refractivity (Wildman–Crippen MR) is 32.7 cm³/mol. The zero-order valence-electron chi connectivity index (χ0n) is 7.42. The van der Waals surface area contributed by atoms with Gasteiger partial charge in [-0.3, -0.25) is 0 Å². The van der Waals surface area contributed by atoms with Crippen molar-refractivity contribution in [2.75, 3.05) is 0 Å². The Morgan fingerprint density at radius 3 is 1.10 bits per heavy atom. The van der Waals surface area contributed by atoms with Gasteiger partial charge in [-0.15, -0.1) is 0 Å². The Morgan fingerprint density at radius 2 is 1.10 bits per heavy atom. The summed E-state index contributed by atoms with van der Waals surface area (Å²) in [5.41, 5.74) is 0. The van der Waals surface area contributed by atoms with Crippen LogP contribution in [0.3, 0.4) is 0 Å². The smallest absolute Gasteiger partial charge is 0.871 e. The molecule has 0 bridgehead atoms. The first-order valence-corrected chi connectivity index (χ1v) is 5.93. The quantitative estimate of drug-likeness (QED) is 0.376. The topological polar surface area (TPSA) is 66.3 Å². The minimum Gasteiger partial charge on any atom is -0.871 e. The summed E-state index contributed by atoms with van der Waals surface area (Å²) >= 11 is 0. The SMILES string of the molecule is C[SiH](C)C.[Na+].[Na+].[O-]B([O-])O. The third-order valence-electron chi connectivity index (χ3n) is 0. The van der Waals surface area contributed by atoms with Crippen molar-refractivity contribution in [1.82, 2.24) is 0 Å². The molecule has 0 heterocycles. The third kappa shape index (κ3) is 183. The molecule has 3 nitrogen and oxygen atoms in total. The zero-order chi connectivity index (χ0) is 7.15. The fourth-order valence-electron chi connectivity index (χ4n) is 0. The summed E-state index contributed by atoms with van der Waals surface area (Å²) in [4.78, 5) is 0. The normalized spacial score (nSPS) is 6.30. The van der Waals surface area contributed by atoms with Crippen molar-refractivity contribution in [3.8, 4) is 0 Å². The van der Waals surface area contributed by atoms with Crippen molar-refractivity contribution in [2.24, 2.45) is 0 Å². The van der Waals surface area contributed by atoms with Crippen LogP contribution in [-0.2, 0) is 0 Å². The van der Waals surface area contributed by atoms with Gasteiger partial charge in [-0.1, -0.05) is 19.6 Å². The van der Waals surface area contributed by atoms with Gasteiger partial charge < -0.3 is 15.1 Å². The summed E-state index contributed by atoms with van der Waals surface area (Å²) in [7, 11) is -2.81. The monoisotopic (exact) mass is 180 g/mol. The van der Waals surface area contributed by atoms with Crippen LogP contribution in [0.25, 0.3) is 0 Å². The molecule has 0 saturated carbocycles. The second-order valence-electron chi connectivity index (χ2n) is 2.04. The molecule has 0 unspecified atom stereocenters. The second-order valence-corrected chi connectivity index (χ2v) is 5.50. The van der Waals surface area contributed by atoms with Crippen LogP contribution in [0.5, 0.6) is 0 Å². The van der Waals surface area contributed by atoms with E-state index in [2.05, 4.69) is 19.6 Å². The average Bonchev–Trinajstić information content (AvgIpc) is 1.25. The van der Waals surface area contributed by atoms with E-state index in [-0.39, 0.29) is 67.9 Å². The van der Waals surface area contributed by atoms with E-state index in [9.17, 15) is 0 Å². The molecule has 0 aliphatic heterocycles. The van der Waals surface area contributed by atoms with Crippen molar-refractivity contribution in [2.45, 2.75) is 19.6 Å². The van der Waals surface area contributed by atoms with Crippen molar-refractivity contribution in [1.29, 1.82) is 0 Å². The molecule has 0 atom stereocenters. The molecule has 7 heteroatoms. The van der Waals surface area contributed by atoms with Gasteiger partial charge in [0.2, 0.25) is 0 Å². The largest absolute Gasteiger partial charge is 1.00 e. The molecule has 10 heavy (non-hydrogen) atoms. The van der Waals surface area contributed by atoms with Gasteiger partial charge in [-0.2, -0.15) is 0 Å². The Bertz CT molecular complexity index is 37.2. The van der Waals surface area contributed by atoms with Crippen molar-refractivity contribution < 1.29 is 74.2 Å². The van der Waals surface area contributed by atoms with E-state index >= 15 is 0 Å². The minimum absolute atomic E-state index is 0. The second kappa shape index (κ2) is 17.3. The first kappa shape index (κ1) is 22.7. The summed E-state index contributed by atoms with van der Waals surface area (Å²) in [5, 5.41) is 24.0. The molecule has 0 aliphatic carbocycles. The molecular weight excluding hydrogens is 169 g/mol. The van der Waals surface area contributed by atoms with E-state index in [1.807, 2.05) is 0 Å². The molecule has 0 aromatic rings. The summed E-state index contributed by atoms with van der Waals surface area (Å²) < 4.78 is 0. The molecule has 0 rings (SSSR count). The van der Waals surface area contributed by atoms with Crippen LogP contribution in [0.1, 0.15) is 0 Å². The average molecular weight is 180 g/mol. The maximum atomic E-state index is 8.53. The molecule has 0 aromatic carbocycles. The van der Waals surface area contributed by atoms with E-state index in [4.69, 9.17) is 15.1 Å². The van der Waals surface area contributed by atoms with Crippen LogP contribution in [0.4, 0.5) is 0 Å². The van der Waals surface area contributed by atoms with Crippen LogP contribution in [-0.4, -0.2) is 21.1 Å². The summed E-state index contributed by atoms with van der Waals surface area (Å²) in [6.45, 7) is 6.92. The van der Waals surface area contributed by atoms with E-state index in [1.54, 1.807) is 0 Å². The van der Waals surface area contributed by atoms with E-state index in [0.29, 0.717) is 0 Å². The van der Waals surface area contributed by atoms with Gasteiger partial charge in [0.05, 0.1) is 7.32 Å². The van der Waals surface area contributed by atoms with Crippen LogP contribution in [0.15, 0.2) is 0 Å². The molecule has 0 radical (unpaired) electrons. The Hall–Kier alpha value is 2.16. The van der Waals surface area contributed by atoms with E-state index < -0.39 is 7.32 Å². The van der Waals surface area contributed by atoms with Crippen molar-refractivity contribution >= 4 is 16.1 Å². The van der Waals surface area contributed by atoms with Gasteiger partial charge in [-0.05, 0) is 0 Å². The van der Waals surface area contributed by atoms with Gasteiger partial charge in [0, 0.05) is 8.80 Å². The fraction of sp³-hybridized carbons (Fsp3) is 1.00. The molecule has 0 aliphatic rings. The maximum absolute atomic E-state index is 8.53. The minimum atomic E-state index is -2.67. The Labute approximate surface area is 109 Å². The van der Waals surface area contributed by atoms with Crippen LogP contribution in [0.2, 0.25) is 19.6 Å². The van der Waals surface area contributed by atoms with Gasteiger partial charge in [0.1, 0.15) is 0 Å². The molecule has 0 fully saturated rings. The van der Waals surface area contributed by atoms with Crippen molar-refractivity contribution in [3.63, 3.8) is 0 Å². The summed E-state index contributed by atoms with van der Waals surface area (Å²) in [6, 6.07) is 0. The first-order chi connectivity index (χ1) is 3.46. The molecular formula is C3H11BNa2O3Si. The molecule has 0 spiro atoms. The summed E-state index contributed by atoms with van der Waals surface area (Å²) in [5.74, 6) is 0. The predicted octanol–water partition coefficient (Wildman–Crippen LogP) is -8.20. The van der Waals surface area contributed by atoms with E-state index in [0.717, 1.165) is 0 Å². The van der Waals surface area contributed by atoms with Gasteiger partial charge in [-0.25, -0.2) is 0 Å². The number of hydrogen-bond acceptors (Lipinski definition) is 3. The Morgan fingerprint density at radius 1 is 1.10 bits per heavy atom. The van der Waals surface area contributed by atoms with Crippen LogP contribution in [0, 0.1) is 0 Å². The van der Waals surface area contributed by atoms with Gasteiger partial charge in [0.15, 0.2) is 0 Å². The molecule has 50 valence electrons. The Kier molecular flexibility index (Phi) is 39.4. The standard InChI is InChI=1S/C3H10Si.BHO3.2Na/c1-4(2)3;2-1(3)4;;/h4H,1-3H3;2H;;/q;-2;2*+1. The number of rotatable bonds is 0. The van der Waals surface area contributed by atoms with E-state index in [1.165, 1.54) is 0 Å². The Balaban J connectivity index is -0.0000000300. The maximum Gasteiger partial charge on any atom is 1.00 e. The molecule has 0 amide bonds. The molecule has 0 aromatic heterocycles. The van der Waals surface area contributed by atoms with Crippen LogP contribution >= 0.6 is 0 Å². The van der Waals surface area contributed by atoms with Crippen LogP contribution < -0.4 is 69.2 Å². The third-order valence-corrected chi connectivity index (χ3v) is 0. The number of hydrogen-bond donors (Lipinski definition) is 1. The fourth-order valence-corrected chi connectivity index (χ4v) is 0. The molecule has 1 N–H and O–H groups in total. The zero-order valence-corrected chi connectivity index (χ0v) is 12.6.